The van der Waals surface area contributed by atoms with E-state index >= 15 is 0 Å². The first kappa shape index (κ1) is 31.1. The van der Waals surface area contributed by atoms with Gasteiger partial charge in [-0.2, -0.15) is 0 Å². The number of aryl methyl sites for hydroxylation is 1. The van der Waals surface area contributed by atoms with Crippen LogP contribution in [-0.2, 0) is 16.1 Å². The summed E-state index contributed by atoms with van der Waals surface area (Å²) < 4.78 is 0. The molecule has 1 aliphatic rings. The van der Waals surface area contributed by atoms with Crippen molar-refractivity contribution in [2.45, 2.75) is 32.5 Å². The molecule has 0 aromatic heterocycles. The van der Waals surface area contributed by atoms with Gasteiger partial charge in [-0.1, -0.05) is 48.5 Å². The summed E-state index contributed by atoms with van der Waals surface area (Å²) in [4.78, 5) is 55.0. The number of anilines is 2. The van der Waals surface area contributed by atoms with Crippen molar-refractivity contribution in [1.82, 2.24) is 10.6 Å². The molecule has 0 radical (unpaired) electrons. The van der Waals surface area contributed by atoms with Crippen molar-refractivity contribution in [3.05, 3.63) is 112 Å². The highest BCUT2D eigenvalue weighted by Gasteiger charge is 2.38. The molecule has 0 spiro atoms. The van der Waals surface area contributed by atoms with Crippen LogP contribution in [0.15, 0.2) is 84.9 Å². The van der Waals surface area contributed by atoms with E-state index in [2.05, 4.69) is 10.6 Å². The number of carbonyl (C=O) groups is 3. The second kappa shape index (κ2) is 13.0. The number of amides is 3. The van der Waals surface area contributed by atoms with Crippen LogP contribution in [0.1, 0.15) is 28.4 Å². The maximum absolute atomic E-state index is 14.3. The lowest BCUT2D eigenvalue weighted by Gasteiger charge is -2.27. The van der Waals surface area contributed by atoms with Crippen LogP contribution in [0, 0.1) is 17.0 Å². The zero-order valence-electron chi connectivity index (χ0n) is 23.9. The van der Waals surface area contributed by atoms with Gasteiger partial charge < -0.3 is 20.4 Å². The molecule has 222 valence electrons. The van der Waals surface area contributed by atoms with E-state index in [1.807, 2.05) is 43.3 Å². The third kappa shape index (κ3) is 6.20. The van der Waals surface area contributed by atoms with Gasteiger partial charge in [0.2, 0.25) is 5.91 Å². The number of non-ortho nitro benzene ring substituents is 1. The van der Waals surface area contributed by atoms with Gasteiger partial charge in [0.25, 0.3) is 17.5 Å². The van der Waals surface area contributed by atoms with Crippen LogP contribution >= 0.6 is 12.4 Å². The molecule has 2 atom stereocenters. The number of nitrogens with one attached hydrogen (secondary N) is 2. The highest BCUT2D eigenvalue weighted by molar-refractivity contribution is 6.13. The Balaban J connectivity index is 0.00000423. The highest BCUT2D eigenvalue weighted by atomic mass is 35.5. The van der Waals surface area contributed by atoms with Crippen molar-refractivity contribution in [3.8, 4) is 0 Å². The number of halogens is 1. The Bertz CT molecular complexity index is 1690. The Morgan fingerprint density at radius 1 is 0.977 bits per heavy atom. The number of rotatable bonds is 7. The maximum atomic E-state index is 14.3. The third-order valence-corrected chi connectivity index (χ3v) is 7.70. The van der Waals surface area contributed by atoms with Gasteiger partial charge in [-0.05, 0) is 67.1 Å². The third-order valence-electron chi connectivity index (χ3n) is 7.70. The van der Waals surface area contributed by atoms with E-state index in [-0.39, 0.29) is 48.6 Å². The summed E-state index contributed by atoms with van der Waals surface area (Å²) in [6.45, 7) is 3.77. The lowest BCUT2D eigenvalue weighted by molar-refractivity contribution is -0.384. The molecule has 4 aromatic carbocycles. The number of carbonyl (C=O) groups excluding carboxylic acids is 3. The summed E-state index contributed by atoms with van der Waals surface area (Å²) >= 11 is 0. The van der Waals surface area contributed by atoms with Crippen molar-refractivity contribution in [3.63, 3.8) is 0 Å². The van der Waals surface area contributed by atoms with Gasteiger partial charge in [0, 0.05) is 17.7 Å². The van der Waals surface area contributed by atoms with Crippen LogP contribution in [0.5, 0.6) is 0 Å². The van der Waals surface area contributed by atoms with Gasteiger partial charge in [-0.3, -0.25) is 24.5 Å². The monoisotopic (exact) mass is 601 g/mol. The molecule has 0 unspecified atom stereocenters. The molecular formula is C32H32ClN5O5. The van der Waals surface area contributed by atoms with E-state index in [1.54, 1.807) is 43.1 Å². The summed E-state index contributed by atoms with van der Waals surface area (Å²) in [6, 6.07) is 22.8. The van der Waals surface area contributed by atoms with Crippen molar-refractivity contribution >= 4 is 58.0 Å². The van der Waals surface area contributed by atoms with E-state index in [4.69, 9.17) is 0 Å². The summed E-state index contributed by atoms with van der Waals surface area (Å²) in [6.07, 6.45) is 0. The minimum absolute atomic E-state index is 0. The molecule has 11 heteroatoms. The molecular weight excluding hydrogens is 570 g/mol. The van der Waals surface area contributed by atoms with E-state index in [0.29, 0.717) is 11.4 Å². The van der Waals surface area contributed by atoms with Crippen LogP contribution in [-0.4, -0.2) is 48.3 Å². The number of nitro benzene ring substituents is 1. The van der Waals surface area contributed by atoms with Crippen molar-refractivity contribution in [1.29, 1.82) is 0 Å². The lowest BCUT2D eigenvalue weighted by Crippen LogP contribution is -2.55. The predicted molar refractivity (Wildman–Crippen MR) is 169 cm³/mol. The average Bonchev–Trinajstić information content (AvgIpc) is 3.12. The molecule has 1 heterocycles. The van der Waals surface area contributed by atoms with E-state index in [1.165, 1.54) is 29.2 Å². The summed E-state index contributed by atoms with van der Waals surface area (Å²) in [5.74, 6) is -1.19. The molecule has 0 fully saturated rings. The SMILES string of the molecule is CN[C@@H](C)C(=O)N[C@H]1CN(C(=O)c2ccc([N+](=O)[O-])cc2)c2ccccc2N(Cc2c(C)ccc3ccccc23)C1=O.Cl. The van der Waals surface area contributed by atoms with Gasteiger partial charge in [0.1, 0.15) is 6.04 Å². The molecule has 43 heavy (non-hydrogen) atoms. The number of hydrogen-bond donors (Lipinski definition) is 2. The largest absolute Gasteiger partial charge is 0.341 e. The van der Waals surface area contributed by atoms with Crippen LogP contribution < -0.4 is 20.4 Å². The van der Waals surface area contributed by atoms with E-state index < -0.39 is 22.9 Å². The number of benzene rings is 4. The van der Waals surface area contributed by atoms with E-state index in [9.17, 15) is 24.5 Å². The topological polar surface area (TPSA) is 125 Å². The van der Waals surface area contributed by atoms with Crippen LogP contribution in [0.4, 0.5) is 17.1 Å². The molecule has 10 nitrogen and oxygen atoms in total. The second-order valence-electron chi connectivity index (χ2n) is 10.3. The van der Waals surface area contributed by atoms with Gasteiger partial charge in [0.05, 0.1) is 35.4 Å². The minimum Gasteiger partial charge on any atom is -0.341 e. The Kier molecular flexibility index (Phi) is 9.43. The zero-order chi connectivity index (χ0) is 30.0. The molecule has 1 aliphatic heterocycles. The molecule has 0 saturated carbocycles. The highest BCUT2D eigenvalue weighted by Crippen LogP contribution is 2.36. The number of fused-ring (bicyclic) bond motifs is 2. The first-order chi connectivity index (χ1) is 20.2. The van der Waals surface area contributed by atoms with Crippen LogP contribution in [0.3, 0.4) is 0 Å². The quantitative estimate of drug-likeness (QED) is 0.232. The predicted octanol–water partition coefficient (Wildman–Crippen LogP) is 4.76. The number of likely N-dealkylation sites (N-methyl/N-ethyl adjacent to an activating group) is 1. The number of nitrogens with zero attached hydrogens (tertiary/aromatic N) is 3. The number of nitro groups is 1. The van der Waals surface area contributed by atoms with Gasteiger partial charge in [-0.15, -0.1) is 12.4 Å². The lowest BCUT2D eigenvalue weighted by atomic mass is 9.99. The molecule has 0 saturated heterocycles. The fourth-order valence-electron chi connectivity index (χ4n) is 5.17. The normalized spacial score (nSPS) is 15.2. The number of hydrogen-bond acceptors (Lipinski definition) is 6. The first-order valence-corrected chi connectivity index (χ1v) is 13.6. The van der Waals surface area contributed by atoms with Crippen LogP contribution in [0.25, 0.3) is 10.8 Å². The maximum Gasteiger partial charge on any atom is 0.269 e. The average molecular weight is 602 g/mol. The molecule has 2 N–H and O–H groups in total. The first-order valence-electron chi connectivity index (χ1n) is 13.6. The van der Waals surface area contributed by atoms with Gasteiger partial charge in [-0.25, -0.2) is 0 Å². The van der Waals surface area contributed by atoms with Gasteiger partial charge >= 0.3 is 0 Å². The smallest absolute Gasteiger partial charge is 0.269 e. The molecule has 4 aromatic rings. The molecule has 3 amide bonds. The summed E-state index contributed by atoms with van der Waals surface area (Å²) in [5.41, 5.74) is 3.05. The Morgan fingerprint density at radius 2 is 1.63 bits per heavy atom. The fourth-order valence-corrected chi connectivity index (χ4v) is 5.17. The summed E-state index contributed by atoms with van der Waals surface area (Å²) in [5, 5.41) is 18.9. The Hall–Kier alpha value is -4.80. The zero-order valence-corrected chi connectivity index (χ0v) is 24.8. The Morgan fingerprint density at radius 3 is 2.30 bits per heavy atom. The fraction of sp³-hybridized carbons (Fsp3) is 0.219. The van der Waals surface area contributed by atoms with Gasteiger partial charge in [0.15, 0.2) is 0 Å². The number of para-hydroxylation sites is 2. The Labute approximate surface area is 255 Å². The van der Waals surface area contributed by atoms with Crippen molar-refractivity contribution in [2.24, 2.45) is 0 Å². The van der Waals surface area contributed by atoms with Crippen molar-refractivity contribution in [2.75, 3.05) is 23.4 Å². The molecule has 5 rings (SSSR count). The van der Waals surface area contributed by atoms with Crippen LogP contribution in [0.2, 0.25) is 0 Å². The molecule has 0 aliphatic carbocycles. The van der Waals surface area contributed by atoms with Crippen molar-refractivity contribution < 1.29 is 19.3 Å². The second-order valence-corrected chi connectivity index (χ2v) is 10.3. The minimum atomic E-state index is -1.06. The van der Waals surface area contributed by atoms with E-state index in [0.717, 1.165) is 21.9 Å². The standard InChI is InChI=1S/C32H31N5O5.ClH/c1-20-12-13-22-8-4-5-9-25(22)26(20)18-35-28-10-6-7-11-29(28)36(19-27(32(35)40)34-30(38)21(2)33-3)31(39)23-14-16-24(17-15-23)37(41)42;/h4-17,21,27,33H,18-19H2,1-3H3,(H,34,38);1H/t21-,27-;/m0./s1. The molecule has 0 bridgehead atoms. The summed E-state index contributed by atoms with van der Waals surface area (Å²) in [7, 11) is 1.65.